The fourth-order valence-electron chi connectivity index (χ4n) is 3.34. The van der Waals surface area contributed by atoms with Crippen molar-refractivity contribution >= 4 is 17.1 Å². The molecule has 0 unspecified atom stereocenters. The number of amides is 1. The highest BCUT2D eigenvalue weighted by molar-refractivity contribution is 6.02. The Labute approximate surface area is 178 Å². The van der Waals surface area contributed by atoms with Crippen molar-refractivity contribution in [2.45, 2.75) is 44.4 Å². The highest BCUT2D eigenvalue weighted by Crippen LogP contribution is 2.31. The number of aliphatic hydroxyl groups excluding tert-OH is 2. The van der Waals surface area contributed by atoms with Crippen LogP contribution in [-0.2, 0) is 11.3 Å². The number of imidazole rings is 1. The number of aromatic nitrogens is 4. The molecule has 32 heavy (non-hydrogen) atoms. The Kier molecular flexibility index (Phi) is 5.71. The SMILES string of the molecule is C[C@H]1O[C@@H](n2cnc3c(C(=O)NCc4ccc(OC(F)(F)F)cc4)ncnc32)[C@H](O)[C@@H]1O. The number of nitrogens with zero attached hydrogens (tertiary/aromatic N) is 4. The molecule has 0 bridgehead atoms. The van der Waals surface area contributed by atoms with Crippen LogP contribution in [0.15, 0.2) is 36.9 Å². The second-order valence-corrected chi connectivity index (χ2v) is 7.13. The van der Waals surface area contributed by atoms with Crippen LogP contribution in [0.4, 0.5) is 13.2 Å². The van der Waals surface area contributed by atoms with E-state index in [1.165, 1.54) is 23.0 Å². The number of nitrogens with one attached hydrogen (secondary N) is 1. The predicted molar refractivity (Wildman–Crippen MR) is 101 cm³/mol. The number of ether oxygens (including phenoxy) is 2. The van der Waals surface area contributed by atoms with Gasteiger partial charge in [0.15, 0.2) is 17.6 Å². The number of carbonyl (C=O) groups excluding carboxylic acids is 1. The normalized spacial score (nSPS) is 23.4. The minimum Gasteiger partial charge on any atom is -0.406 e. The molecule has 170 valence electrons. The van der Waals surface area contributed by atoms with Crippen LogP contribution >= 0.6 is 0 Å². The molecule has 1 saturated heterocycles. The molecule has 1 aromatic carbocycles. The van der Waals surface area contributed by atoms with Gasteiger partial charge in [-0.15, -0.1) is 13.2 Å². The molecular formula is C19H18F3N5O5. The van der Waals surface area contributed by atoms with Gasteiger partial charge in [0.25, 0.3) is 5.91 Å². The molecule has 1 aliphatic heterocycles. The molecule has 2 aromatic heterocycles. The van der Waals surface area contributed by atoms with E-state index in [0.29, 0.717) is 5.56 Å². The summed E-state index contributed by atoms with van der Waals surface area (Å²) in [6.07, 6.45) is -6.14. The molecule has 3 heterocycles. The molecule has 4 rings (SSSR count). The molecule has 3 aromatic rings. The largest absolute Gasteiger partial charge is 0.573 e. The van der Waals surface area contributed by atoms with Crippen LogP contribution in [-0.4, -0.2) is 60.3 Å². The van der Waals surface area contributed by atoms with Gasteiger partial charge in [-0.1, -0.05) is 12.1 Å². The maximum atomic E-state index is 12.6. The molecule has 0 spiro atoms. The summed E-state index contributed by atoms with van der Waals surface area (Å²) in [4.78, 5) is 24.9. The number of alkyl halides is 3. The van der Waals surface area contributed by atoms with E-state index in [4.69, 9.17) is 4.74 Å². The Morgan fingerprint density at radius 2 is 1.91 bits per heavy atom. The highest BCUT2D eigenvalue weighted by atomic mass is 19.4. The summed E-state index contributed by atoms with van der Waals surface area (Å²) in [7, 11) is 0. The molecular weight excluding hydrogens is 435 g/mol. The number of benzene rings is 1. The third-order valence-electron chi connectivity index (χ3n) is 4.94. The van der Waals surface area contributed by atoms with Crippen molar-refractivity contribution in [3.63, 3.8) is 0 Å². The smallest absolute Gasteiger partial charge is 0.406 e. The van der Waals surface area contributed by atoms with Crippen LogP contribution < -0.4 is 10.1 Å². The molecule has 0 radical (unpaired) electrons. The van der Waals surface area contributed by atoms with Gasteiger partial charge < -0.3 is 25.0 Å². The zero-order valence-corrected chi connectivity index (χ0v) is 16.5. The van der Waals surface area contributed by atoms with Crippen LogP contribution in [0.25, 0.3) is 11.2 Å². The molecule has 0 saturated carbocycles. The van der Waals surface area contributed by atoms with E-state index >= 15 is 0 Å². The molecule has 13 heteroatoms. The van der Waals surface area contributed by atoms with Crippen molar-refractivity contribution in [1.82, 2.24) is 24.8 Å². The van der Waals surface area contributed by atoms with Gasteiger partial charge in [-0.2, -0.15) is 0 Å². The zero-order valence-electron chi connectivity index (χ0n) is 16.5. The summed E-state index contributed by atoms with van der Waals surface area (Å²) in [5.74, 6) is -0.953. The van der Waals surface area contributed by atoms with Gasteiger partial charge in [0, 0.05) is 6.54 Å². The lowest BCUT2D eigenvalue weighted by molar-refractivity contribution is -0.274. The Morgan fingerprint density at radius 1 is 1.19 bits per heavy atom. The number of aliphatic hydroxyl groups is 2. The van der Waals surface area contributed by atoms with Gasteiger partial charge in [0.05, 0.1) is 12.4 Å². The van der Waals surface area contributed by atoms with Crippen molar-refractivity contribution < 1.29 is 37.7 Å². The van der Waals surface area contributed by atoms with Crippen LogP contribution in [0.3, 0.4) is 0 Å². The fraction of sp³-hybridized carbons (Fsp3) is 0.368. The average Bonchev–Trinajstić information content (AvgIpc) is 3.28. The van der Waals surface area contributed by atoms with Crippen LogP contribution in [0, 0.1) is 0 Å². The number of halogens is 3. The number of carbonyl (C=O) groups is 1. The number of fused-ring (bicyclic) bond motifs is 1. The third-order valence-corrected chi connectivity index (χ3v) is 4.94. The first-order valence-corrected chi connectivity index (χ1v) is 9.46. The van der Waals surface area contributed by atoms with Gasteiger partial charge in [0.2, 0.25) is 0 Å². The van der Waals surface area contributed by atoms with Crippen molar-refractivity contribution in [3.05, 3.63) is 48.2 Å². The number of rotatable bonds is 5. The zero-order chi connectivity index (χ0) is 23.0. The lowest BCUT2D eigenvalue weighted by Gasteiger charge is -2.16. The fourth-order valence-corrected chi connectivity index (χ4v) is 3.34. The first-order valence-electron chi connectivity index (χ1n) is 9.46. The summed E-state index contributed by atoms with van der Waals surface area (Å²) in [5.41, 5.74) is 0.883. The van der Waals surface area contributed by atoms with Gasteiger partial charge in [-0.25, -0.2) is 15.0 Å². The van der Waals surface area contributed by atoms with Crippen LogP contribution in [0.1, 0.15) is 29.2 Å². The minimum atomic E-state index is -4.78. The van der Waals surface area contributed by atoms with Gasteiger partial charge in [-0.3, -0.25) is 9.36 Å². The Morgan fingerprint density at radius 3 is 2.53 bits per heavy atom. The summed E-state index contributed by atoms with van der Waals surface area (Å²) >= 11 is 0. The minimum absolute atomic E-state index is 0.0193. The topological polar surface area (TPSA) is 132 Å². The Bertz CT molecular complexity index is 1120. The van der Waals surface area contributed by atoms with E-state index in [0.717, 1.165) is 18.5 Å². The van der Waals surface area contributed by atoms with Crippen molar-refractivity contribution in [2.24, 2.45) is 0 Å². The maximum absolute atomic E-state index is 12.6. The Hall–Kier alpha value is -3.29. The van der Waals surface area contributed by atoms with Gasteiger partial charge >= 0.3 is 6.36 Å². The second-order valence-electron chi connectivity index (χ2n) is 7.13. The molecule has 10 nitrogen and oxygen atoms in total. The third kappa shape index (κ3) is 4.35. The molecule has 4 atom stereocenters. The lowest BCUT2D eigenvalue weighted by Crippen LogP contribution is -2.30. The van der Waals surface area contributed by atoms with E-state index in [9.17, 15) is 28.2 Å². The Balaban J connectivity index is 1.48. The molecule has 0 aliphatic carbocycles. The van der Waals surface area contributed by atoms with Crippen molar-refractivity contribution in [2.75, 3.05) is 0 Å². The van der Waals surface area contributed by atoms with Gasteiger partial charge in [0.1, 0.15) is 29.8 Å². The molecule has 3 N–H and O–H groups in total. The first-order chi connectivity index (χ1) is 15.1. The summed E-state index contributed by atoms with van der Waals surface area (Å²) in [6.45, 7) is 1.63. The quantitative estimate of drug-likeness (QED) is 0.527. The van der Waals surface area contributed by atoms with Crippen molar-refractivity contribution in [3.8, 4) is 5.75 Å². The van der Waals surface area contributed by atoms with E-state index < -0.39 is 36.8 Å². The monoisotopic (exact) mass is 453 g/mol. The summed E-state index contributed by atoms with van der Waals surface area (Å²) < 4.78 is 47.5. The average molecular weight is 453 g/mol. The standard InChI is InChI=1S/C19H18F3N5O5/c1-9-14(28)15(29)18(31-9)27-8-26-12-13(24-7-25-16(12)27)17(30)23-6-10-2-4-11(5-3-10)32-19(20,21)22/h2-5,7-9,14-15,18,28-29H,6H2,1H3,(H,23,30)/t9-,14-,15-,18-/m1/s1. The van der Waals surface area contributed by atoms with Crippen LogP contribution in [0.5, 0.6) is 5.75 Å². The highest BCUT2D eigenvalue weighted by Gasteiger charge is 2.42. The second kappa shape index (κ2) is 8.33. The van der Waals surface area contributed by atoms with Crippen LogP contribution in [0.2, 0.25) is 0 Å². The predicted octanol–water partition coefficient (Wildman–Crippen LogP) is 1.29. The molecule has 1 fully saturated rings. The van der Waals surface area contributed by atoms with Crippen molar-refractivity contribution in [1.29, 1.82) is 0 Å². The summed E-state index contributed by atoms with van der Waals surface area (Å²) in [6, 6.07) is 5.05. The first kappa shape index (κ1) is 21.9. The summed E-state index contributed by atoms with van der Waals surface area (Å²) in [5, 5.41) is 22.8. The van der Waals surface area contributed by atoms with E-state index in [2.05, 4.69) is 25.0 Å². The van der Waals surface area contributed by atoms with Gasteiger partial charge in [-0.05, 0) is 24.6 Å². The van der Waals surface area contributed by atoms with E-state index in [-0.39, 0.29) is 29.2 Å². The number of hydrogen-bond acceptors (Lipinski definition) is 8. The maximum Gasteiger partial charge on any atom is 0.573 e. The molecule has 1 amide bonds. The number of hydrogen-bond donors (Lipinski definition) is 3. The van der Waals surface area contributed by atoms with E-state index in [1.54, 1.807) is 6.92 Å². The lowest BCUT2D eigenvalue weighted by atomic mass is 10.1. The molecule has 1 aliphatic rings. The van der Waals surface area contributed by atoms with E-state index in [1.807, 2.05) is 0 Å².